The molecule has 4 aromatic carbocycles. The molecule has 0 fully saturated rings. The van der Waals surface area contributed by atoms with Gasteiger partial charge >= 0.3 is 33.1 Å². The average Bonchev–Trinajstić information content (AvgIpc) is 3.98. The summed E-state index contributed by atoms with van der Waals surface area (Å²) in [5.74, 6) is 3.21. The zero-order valence-electron chi connectivity index (χ0n) is 38.3. The van der Waals surface area contributed by atoms with E-state index in [-0.39, 0.29) is 35.9 Å². The van der Waals surface area contributed by atoms with Gasteiger partial charge in [-0.05, 0) is 111 Å². The number of hydrogen-bond acceptors (Lipinski definition) is 16. The number of aliphatic imine (C=N–C) groups is 2. The van der Waals surface area contributed by atoms with Gasteiger partial charge in [-0.25, -0.2) is 20.0 Å². The van der Waals surface area contributed by atoms with Gasteiger partial charge in [0, 0.05) is 57.9 Å². The first kappa shape index (κ1) is 54.4. The zero-order valence-corrected chi connectivity index (χ0v) is 44.5. The summed E-state index contributed by atoms with van der Waals surface area (Å²) < 4.78 is 34.8. The Morgan fingerprint density at radius 3 is 1.52 bits per heavy atom. The molecule has 376 valence electrons. The molecular weight excluding hydrogens is 1190 g/mol. The Labute approximate surface area is 447 Å². The molecule has 2 spiro atoms. The van der Waals surface area contributed by atoms with E-state index in [1.54, 1.807) is 71.0 Å². The van der Waals surface area contributed by atoms with Crippen LogP contribution >= 0.6 is 59.5 Å². The predicted octanol–water partition coefficient (Wildman–Crippen LogP) is 7.98. The summed E-state index contributed by atoms with van der Waals surface area (Å²) in [6, 6.07) is 28.8. The molecular formula is C48H47BrCl2CuIN10O8. The number of amidine groups is 2. The zero-order chi connectivity index (χ0) is 51.3. The number of halogens is 4. The third kappa shape index (κ3) is 12.8. The Morgan fingerprint density at radius 2 is 1.11 bits per heavy atom. The number of nitrogens with one attached hydrogen (secondary N) is 3. The molecule has 18 nitrogen and oxygen atoms in total. The quantitative estimate of drug-likeness (QED) is 0.0480. The first-order valence-corrected chi connectivity index (χ1v) is 25.7. The van der Waals surface area contributed by atoms with Gasteiger partial charge in [-0.1, -0.05) is 39.1 Å². The number of nitrogens with zero attached hydrogens (tertiary/aromatic N) is 4. The number of hydrogen-bond donors (Lipinski definition) is 6. The maximum absolute atomic E-state index is 12.6. The molecule has 0 saturated carbocycles. The number of primary amides is 1. The average molecular weight is 1230 g/mol. The summed E-state index contributed by atoms with van der Waals surface area (Å²) in [4.78, 5) is 40.0. The van der Waals surface area contributed by atoms with Crippen molar-refractivity contribution >= 4 is 89.0 Å². The van der Waals surface area contributed by atoms with E-state index in [0.717, 1.165) is 57.1 Å². The number of likely N-dealkylation sites (N-methyl/N-ethyl adjacent to an activating group) is 2. The van der Waals surface area contributed by atoms with Crippen molar-refractivity contribution in [3.8, 4) is 34.5 Å². The Hall–Kier alpha value is -5.91. The van der Waals surface area contributed by atoms with Gasteiger partial charge in [-0.15, -0.1) is 0 Å². The molecule has 0 aliphatic carbocycles. The number of methoxy groups -OCH3 is 2. The van der Waals surface area contributed by atoms with Crippen LogP contribution < -0.4 is 52.1 Å². The Morgan fingerprint density at radius 1 is 0.676 bits per heavy atom. The maximum atomic E-state index is 12.6. The van der Waals surface area contributed by atoms with E-state index in [1.807, 2.05) is 68.7 Å². The van der Waals surface area contributed by atoms with Crippen molar-refractivity contribution < 1.29 is 50.8 Å². The summed E-state index contributed by atoms with van der Waals surface area (Å²) >= 11 is 20.7. The second kappa shape index (κ2) is 25.0. The minimum absolute atomic E-state index is 0.0847. The van der Waals surface area contributed by atoms with Crippen molar-refractivity contribution in [2.45, 2.75) is 11.1 Å². The first-order chi connectivity index (χ1) is 34.2. The number of anilines is 1. The molecule has 0 radical (unpaired) electrons. The Bertz CT molecular complexity index is 2920. The number of pyridine rings is 2. The van der Waals surface area contributed by atoms with Crippen molar-refractivity contribution in [2.24, 2.45) is 27.2 Å². The molecule has 23 heteroatoms. The number of carbonyl (C=O) groups excluding carboxylic acids is 2. The fourth-order valence-electron chi connectivity index (χ4n) is 7.45. The Kier molecular flexibility index (Phi) is 19.1. The number of aromatic nitrogens is 2. The summed E-state index contributed by atoms with van der Waals surface area (Å²) in [5, 5.41) is 9.80. The molecule has 2 atom stereocenters. The van der Waals surface area contributed by atoms with Gasteiger partial charge in [0.2, 0.25) is 0 Å². The normalized spacial score (nSPS) is 16.8. The second-order valence-electron chi connectivity index (χ2n) is 15.2. The van der Waals surface area contributed by atoms with Crippen LogP contribution in [0.3, 0.4) is 0 Å². The van der Waals surface area contributed by atoms with Crippen LogP contribution in [-0.2, 0) is 33.3 Å². The third-order valence-corrected chi connectivity index (χ3v) is 11.7. The molecule has 2 amide bonds. The van der Waals surface area contributed by atoms with Gasteiger partial charge < -0.3 is 61.6 Å². The molecule has 2 aromatic heterocycles. The Balaban J connectivity index is 0.000000178. The van der Waals surface area contributed by atoms with Gasteiger partial charge in [0.1, 0.15) is 59.1 Å². The van der Waals surface area contributed by atoms with Gasteiger partial charge in [0.25, 0.3) is 23.9 Å². The fourth-order valence-corrected chi connectivity index (χ4v) is 8.03. The summed E-state index contributed by atoms with van der Waals surface area (Å²) in [6.45, 7) is 2.64. The van der Waals surface area contributed by atoms with Crippen molar-refractivity contribution in [3.05, 3.63) is 158 Å². The van der Waals surface area contributed by atoms with E-state index in [4.69, 9.17) is 68.8 Å². The monoisotopic (exact) mass is 1230 g/mol. The standard InChI is InChI=1S/C22H17ClN4O4.C16H13BrN2O3.C6H5ClN2O.C4H12N2.Cu.HI/c1-29-14-4-7-19-16(9-14)22(11-30-21(24)27-22)15-8-13(3-6-18(15)31-19)26-20(28)17-5-2-12(23)10-25-17;1-20-10-3-5-14-12(7-10)16(8-21-15(18)19-16)11-6-9(17)2-4-13(11)22-14;7-4-1-2-5(6(8)10)9-3-4;1-5-3-4-6-2;;/h2-10H,11H2,1H3,(H2,24,27)(H,26,28);2-7H,8H2,1H3,(H2,18,19);1-3H,(H2,8,10);5-6H,3-4H2,1-2H3;;1H/q;;;;+1;/p-1. The van der Waals surface area contributed by atoms with E-state index < -0.39 is 17.0 Å². The number of carbonyl (C=O) groups is 2. The summed E-state index contributed by atoms with van der Waals surface area (Å²) in [7, 11) is 7.10. The number of benzene rings is 4. The van der Waals surface area contributed by atoms with E-state index in [0.29, 0.717) is 39.6 Å². The van der Waals surface area contributed by atoms with E-state index in [1.165, 1.54) is 18.5 Å². The van der Waals surface area contributed by atoms with Crippen LogP contribution in [0.15, 0.2) is 124 Å². The van der Waals surface area contributed by atoms with Crippen LogP contribution in [0, 0.1) is 0 Å². The second-order valence-corrected chi connectivity index (χ2v) is 17.0. The minimum atomic E-state index is -0.916. The van der Waals surface area contributed by atoms with Gasteiger partial charge in [-0.2, -0.15) is 0 Å². The molecule has 2 unspecified atom stereocenters. The van der Waals surface area contributed by atoms with Crippen LogP contribution in [0.25, 0.3) is 0 Å². The molecule has 6 aromatic rings. The fraction of sp³-hybridized carbons (Fsp3) is 0.208. The van der Waals surface area contributed by atoms with Gasteiger partial charge in [-0.3, -0.25) is 9.59 Å². The van der Waals surface area contributed by atoms with Crippen LogP contribution in [-0.4, -0.2) is 88.4 Å². The van der Waals surface area contributed by atoms with Crippen LogP contribution in [0.5, 0.6) is 34.5 Å². The van der Waals surface area contributed by atoms with Crippen molar-refractivity contribution in [3.63, 3.8) is 0 Å². The van der Waals surface area contributed by atoms with Gasteiger partial charge in [0.05, 0.1) is 24.3 Å². The molecule has 9 N–H and O–H groups in total. The molecule has 0 bridgehead atoms. The van der Waals surface area contributed by atoms with Crippen molar-refractivity contribution in [1.82, 2.24) is 20.6 Å². The summed E-state index contributed by atoms with van der Waals surface area (Å²) in [6.07, 6.45) is 2.80. The number of ether oxygens (including phenoxy) is 6. The van der Waals surface area contributed by atoms with Crippen molar-refractivity contribution in [2.75, 3.05) is 59.9 Å². The molecule has 6 heterocycles. The van der Waals surface area contributed by atoms with Crippen molar-refractivity contribution in [1.29, 1.82) is 0 Å². The van der Waals surface area contributed by atoms with Crippen LogP contribution in [0.2, 0.25) is 10.0 Å². The number of amides is 2. The SMILES string of the molecule is CNCCNC.COc1ccc2c(c1)C1(COC(N)=N1)c1cc(Br)ccc1O2.COc1ccc2c(c1)C1(COC(N)=N1)c1cc(NC(=O)c3ccc(Cl)cn3)ccc1O2.NC(=O)c1ccc(Cl)cn1.[Cu][I]. The molecule has 4 aliphatic rings. The summed E-state index contributed by atoms with van der Waals surface area (Å²) in [5.41, 5.74) is 19.3. The van der Waals surface area contributed by atoms with Crippen LogP contribution in [0.1, 0.15) is 43.2 Å². The predicted molar refractivity (Wildman–Crippen MR) is 280 cm³/mol. The molecule has 71 heavy (non-hydrogen) atoms. The molecule has 10 rings (SSSR count). The number of nitrogens with two attached hydrogens (primary N) is 3. The number of rotatable bonds is 8. The first-order valence-electron chi connectivity index (χ1n) is 21.1. The molecule has 4 aliphatic heterocycles. The topological polar surface area (TPSA) is 254 Å². The van der Waals surface area contributed by atoms with E-state index >= 15 is 0 Å². The van der Waals surface area contributed by atoms with E-state index in [9.17, 15) is 9.59 Å². The third-order valence-electron chi connectivity index (χ3n) is 10.8. The molecule has 0 saturated heterocycles. The van der Waals surface area contributed by atoms with E-state index in [2.05, 4.69) is 64.6 Å². The van der Waals surface area contributed by atoms with Gasteiger partial charge in [0.15, 0.2) is 11.1 Å². The van der Waals surface area contributed by atoms with Crippen LogP contribution in [0.4, 0.5) is 5.69 Å². The number of fused-ring (bicyclic) bond motifs is 8.